The van der Waals surface area contributed by atoms with Crippen LogP contribution in [0.1, 0.15) is 72.0 Å². The molecular formula is C29H33N3O6. The van der Waals surface area contributed by atoms with E-state index in [0.717, 1.165) is 11.1 Å². The number of benzene rings is 2. The molecule has 0 spiro atoms. The first-order chi connectivity index (χ1) is 18.0. The second kappa shape index (κ2) is 9.78. The van der Waals surface area contributed by atoms with E-state index in [0.29, 0.717) is 49.4 Å². The van der Waals surface area contributed by atoms with Crippen molar-refractivity contribution in [3.8, 4) is 5.75 Å². The minimum atomic E-state index is -0.715. The molecule has 0 saturated carbocycles. The number of hydrogen-bond acceptors (Lipinski definition) is 6. The molecule has 0 N–H and O–H groups in total. The predicted octanol–water partition coefficient (Wildman–Crippen LogP) is 3.82. The van der Waals surface area contributed by atoms with Crippen molar-refractivity contribution in [3.63, 3.8) is 0 Å². The summed E-state index contributed by atoms with van der Waals surface area (Å²) in [7, 11) is 0. The van der Waals surface area contributed by atoms with Crippen LogP contribution in [0.3, 0.4) is 0 Å². The van der Waals surface area contributed by atoms with Crippen molar-refractivity contribution in [3.05, 3.63) is 64.7 Å². The van der Waals surface area contributed by atoms with Gasteiger partial charge in [-0.25, -0.2) is 4.79 Å². The molecule has 2 atom stereocenters. The third-order valence-corrected chi connectivity index (χ3v) is 7.23. The van der Waals surface area contributed by atoms with Crippen molar-refractivity contribution in [1.82, 2.24) is 14.7 Å². The molecule has 1 saturated heterocycles. The first-order valence-corrected chi connectivity index (χ1v) is 13.0. The Morgan fingerprint density at radius 2 is 1.66 bits per heavy atom. The number of hydrogen-bond donors (Lipinski definition) is 0. The molecule has 0 aliphatic carbocycles. The molecule has 0 aromatic heterocycles. The zero-order valence-electron chi connectivity index (χ0n) is 22.2. The maximum absolute atomic E-state index is 13.4. The molecule has 2 aromatic rings. The van der Waals surface area contributed by atoms with Crippen LogP contribution in [0.5, 0.6) is 5.75 Å². The van der Waals surface area contributed by atoms with Gasteiger partial charge in [0, 0.05) is 32.0 Å². The van der Waals surface area contributed by atoms with Gasteiger partial charge in [0.15, 0.2) is 0 Å². The maximum Gasteiger partial charge on any atom is 0.410 e. The van der Waals surface area contributed by atoms with Crippen molar-refractivity contribution in [1.29, 1.82) is 0 Å². The Balaban J connectivity index is 1.51. The van der Waals surface area contributed by atoms with Gasteiger partial charge in [-0.05, 0) is 51.0 Å². The number of likely N-dealkylation sites (tertiary alicyclic amines) is 1. The molecule has 5 rings (SSSR count). The lowest BCUT2D eigenvalue weighted by molar-refractivity contribution is -0.128. The number of rotatable bonds is 4. The second-order valence-corrected chi connectivity index (χ2v) is 11.0. The first kappa shape index (κ1) is 25.8. The van der Waals surface area contributed by atoms with E-state index in [4.69, 9.17) is 9.47 Å². The number of nitrogens with zero attached hydrogens (tertiary/aromatic N) is 3. The fourth-order valence-corrected chi connectivity index (χ4v) is 5.44. The fraction of sp³-hybridized carbons (Fsp3) is 0.448. The Morgan fingerprint density at radius 3 is 2.26 bits per heavy atom. The van der Waals surface area contributed by atoms with Gasteiger partial charge in [-0.3, -0.25) is 24.2 Å². The fourth-order valence-electron chi connectivity index (χ4n) is 5.44. The molecule has 4 amide bonds. The summed E-state index contributed by atoms with van der Waals surface area (Å²) in [6, 6.07) is 11.8. The van der Waals surface area contributed by atoms with E-state index in [2.05, 4.69) is 0 Å². The van der Waals surface area contributed by atoms with Gasteiger partial charge in [0.2, 0.25) is 5.91 Å². The predicted molar refractivity (Wildman–Crippen MR) is 139 cm³/mol. The van der Waals surface area contributed by atoms with Gasteiger partial charge in [0.1, 0.15) is 17.5 Å². The summed E-state index contributed by atoms with van der Waals surface area (Å²) >= 11 is 0. The molecule has 1 fully saturated rings. The van der Waals surface area contributed by atoms with Crippen molar-refractivity contribution in [2.24, 2.45) is 0 Å². The number of carbonyl (C=O) groups excluding carboxylic acids is 4. The Labute approximate surface area is 222 Å². The van der Waals surface area contributed by atoms with E-state index in [1.165, 1.54) is 4.90 Å². The van der Waals surface area contributed by atoms with Crippen LogP contribution < -0.4 is 4.74 Å². The molecule has 0 unspecified atom stereocenters. The Hall–Kier alpha value is -3.88. The quantitative estimate of drug-likeness (QED) is 0.570. The van der Waals surface area contributed by atoms with Gasteiger partial charge >= 0.3 is 6.09 Å². The lowest BCUT2D eigenvalue weighted by Gasteiger charge is -2.40. The normalized spacial score (nSPS) is 20.9. The van der Waals surface area contributed by atoms with E-state index in [-0.39, 0.29) is 30.4 Å². The van der Waals surface area contributed by atoms with E-state index >= 15 is 0 Å². The van der Waals surface area contributed by atoms with Gasteiger partial charge in [-0.2, -0.15) is 0 Å². The second-order valence-electron chi connectivity index (χ2n) is 11.0. The number of imide groups is 1. The molecule has 200 valence electrons. The summed E-state index contributed by atoms with van der Waals surface area (Å²) in [5, 5.41) is 0. The van der Waals surface area contributed by atoms with Crippen molar-refractivity contribution >= 4 is 23.8 Å². The topological polar surface area (TPSA) is 96.5 Å². The van der Waals surface area contributed by atoms with Crippen LogP contribution in [0, 0.1) is 0 Å². The highest BCUT2D eigenvalue weighted by atomic mass is 16.6. The Morgan fingerprint density at radius 1 is 0.974 bits per heavy atom. The highest BCUT2D eigenvalue weighted by Crippen LogP contribution is 2.40. The molecule has 3 heterocycles. The standard InChI is InChI=1S/C29H33N3O6/c1-18(33)30-14-13-20(16-30)37-24-11-7-8-19-12-15-31(28(36)38-29(2,3)4)23(25(19)24)17-32-26(34)21-9-5-6-10-22(21)27(32)35/h5-11,20,23H,12-17H2,1-4H3/t20-,23+/m0/s1. The largest absolute Gasteiger partial charge is 0.488 e. The average molecular weight is 520 g/mol. The van der Waals surface area contributed by atoms with Crippen molar-refractivity contribution in [2.45, 2.75) is 58.3 Å². The lowest BCUT2D eigenvalue weighted by Crippen LogP contribution is -2.48. The van der Waals surface area contributed by atoms with Crippen LogP contribution in [0.2, 0.25) is 0 Å². The maximum atomic E-state index is 13.4. The SMILES string of the molecule is CC(=O)N1CC[C@H](Oc2cccc3c2[C@@H](CN2C(=O)c4ccccc4C2=O)N(C(=O)OC(C)(C)C)CC3)C1. The summed E-state index contributed by atoms with van der Waals surface area (Å²) in [6.45, 7) is 8.41. The van der Waals surface area contributed by atoms with E-state index in [1.54, 1.807) is 61.8 Å². The summed E-state index contributed by atoms with van der Waals surface area (Å²) in [6.07, 6.45) is 0.571. The Bertz CT molecular complexity index is 1260. The summed E-state index contributed by atoms with van der Waals surface area (Å²) in [5.74, 6) is -0.167. The highest BCUT2D eigenvalue weighted by Gasteiger charge is 2.42. The third-order valence-electron chi connectivity index (χ3n) is 7.23. The highest BCUT2D eigenvalue weighted by molar-refractivity contribution is 6.21. The van der Waals surface area contributed by atoms with Crippen LogP contribution in [-0.4, -0.2) is 76.4 Å². The van der Waals surface area contributed by atoms with Crippen LogP contribution >= 0.6 is 0 Å². The minimum absolute atomic E-state index is 0.00536. The van der Waals surface area contributed by atoms with Crippen LogP contribution in [0.4, 0.5) is 4.79 Å². The molecule has 3 aliphatic heterocycles. The molecule has 38 heavy (non-hydrogen) atoms. The number of amides is 4. The van der Waals surface area contributed by atoms with Gasteiger partial charge in [-0.1, -0.05) is 24.3 Å². The summed E-state index contributed by atoms with van der Waals surface area (Å²) in [5.41, 5.74) is 1.76. The van der Waals surface area contributed by atoms with E-state index in [1.807, 2.05) is 18.2 Å². The number of ether oxygens (including phenoxy) is 2. The zero-order chi connectivity index (χ0) is 27.2. The lowest BCUT2D eigenvalue weighted by atomic mass is 9.91. The first-order valence-electron chi connectivity index (χ1n) is 13.0. The third kappa shape index (κ3) is 4.85. The summed E-state index contributed by atoms with van der Waals surface area (Å²) in [4.78, 5) is 56.3. The van der Waals surface area contributed by atoms with Gasteiger partial charge in [0.25, 0.3) is 11.8 Å². The van der Waals surface area contributed by atoms with Crippen LogP contribution in [0.25, 0.3) is 0 Å². The molecule has 3 aliphatic rings. The minimum Gasteiger partial charge on any atom is -0.488 e. The smallest absolute Gasteiger partial charge is 0.410 e. The van der Waals surface area contributed by atoms with E-state index < -0.39 is 17.7 Å². The number of fused-ring (bicyclic) bond motifs is 2. The average Bonchev–Trinajstić information content (AvgIpc) is 3.42. The monoisotopic (exact) mass is 519 g/mol. The van der Waals surface area contributed by atoms with Crippen molar-refractivity contribution in [2.75, 3.05) is 26.2 Å². The summed E-state index contributed by atoms with van der Waals surface area (Å²) < 4.78 is 12.2. The van der Waals surface area contributed by atoms with Gasteiger partial charge in [-0.15, -0.1) is 0 Å². The Kier molecular flexibility index (Phi) is 6.63. The zero-order valence-corrected chi connectivity index (χ0v) is 22.2. The van der Waals surface area contributed by atoms with E-state index in [9.17, 15) is 19.2 Å². The van der Waals surface area contributed by atoms with Crippen LogP contribution in [-0.2, 0) is 16.0 Å². The van der Waals surface area contributed by atoms with Crippen LogP contribution in [0.15, 0.2) is 42.5 Å². The molecule has 9 heteroatoms. The molecular weight excluding hydrogens is 486 g/mol. The number of carbonyl (C=O) groups is 4. The van der Waals surface area contributed by atoms with Crippen molar-refractivity contribution < 1.29 is 28.7 Å². The molecule has 2 aromatic carbocycles. The molecule has 9 nitrogen and oxygen atoms in total. The van der Waals surface area contributed by atoms with Gasteiger partial charge < -0.3 is 14.4 Å². The molecule has 0 radical (unpaired) electrons. The van der Waals surface area contributed by atoms with Gasteiger partial charge in [0.05, 0.1) is 30.3 Å². The molecule has 0 bridgehead atoms.